The Bertz CT molecular complexity index is 1640. The van der Waals surface area contributed by atoms with Gasteiger partial charge in [0.15, 0.2) is 0 Å². The van der Waals surface area contributed by atoms with E-state index >= 15 is 0 Å². The van der Waals surface area contributed by atoms with Crippen molar-refractivity contribution in [2.45, 2.75) is 32.2 Å². The fraction of sp³-hybridized carbons (Fsp3) is 0.207. The highest BCUT2D eigenvalue weighted by Crippen LogP contribution is 2.31. The van der Waals surface area contributed by atoms with Crippen molar-refractivity contribution in [2.75, 3.05) is 11.9 Å². The van der Waals surface area contributed by atoms with E-state index in [0.717, 1.165) is 26.7 Å². The van der Waals surface area contributed by atoms with E-state index in [0.29, 0.717) is 10.6 Å². The number of nitrogens with two attached hydrogens (primary N) is 1. The second-order valence-electron chi connectivity index (χ2n) is 10.1. The third-order valence-corrected chi connectivity index (χ3v) is 7.32. The highest BCUT2D eigenvalue weighted by atomic mass is 32.1. The molecule has 0 bridgehead atoms. The van der Waals surface area contributed by atoms with Crippen LogP contribution in [0, 0.1) is 0 Å². The average molecular weight is 525 g/mol. The molecule has 0 aliphatic rings. The van der Waals surface area contributed by atoms with Crippen LogP contribution in [0.15, 0.2) is 73.2 Å². The fourth-order valence-corrected chi connectivity index (χ4v) is 5.09. The molecule has 2 aromatic carbocycles. The van der Waals surface area contributed by atoms with E-state index in [1.165, 1.54) is 35.5 Å². The molecule has 0 fully saturated rings. The van der Waals surface area contributed by atoms with E-state index in [-0.39, 0.29) is 29.5 Å². The van der Waals surface area contributed by atoms with E-state index < -0.39 is 6.04 Å². The standard InChI is InChI=1S/C29H28N6O2S/c1-29(2,3)20-7-8-22-18(12-20)11-19-14-25(38-28(19)35-22)27(37)34-23(15-30)17-5-4-6-21(13-17)33-26(36)24-16-31-9-10-32-24/h4-14,16,23H,15,30H2,1-3H3,(H,33,36)(H,34,37)/t23-/m1/s1. The lowest BCUT2D eigenvalue weighted by molar-refractivity contribution is 0.0941. The minimum atomic E-state index is -0.442. The van der Waals surface area contributed by atoms with Crippen molar-refractivity contribution < 1.29 is 9.59 Å². The van der Waals surface area contributed by atoms with Crippen LogP contribution in [0.2, 0.25) is 0 Å². The predicted molar refractivity (Wildman–Crippen MR) is 152 cm³/mol. The molecule has 0 aliphatic carbocycles. The van der Waals surface area contributed by atoms with Crippen molar-refractivity contribution in [3.8, 4) is 0 Å². The summed E-state index contributed by atoms with van der Waals surface area (Å²) in [6.45, 7) is 6.74. The largest absolute Gasteiger partial charge is 0.343 e. The number of thiophene rings is 1. The SMILES string of the molecule is CC(C)(C)c1ccc2nc3sc(C(=O)N[C@H](CN)c4cccc(NC(=O)c5cnccn5)c4)cc3cc2c1. The second kappa shape index (κ2) is 10.3. The smallest absolute Gasteiger partial charge is 0.275 e. The topological polar surface area (TPSA) is 123 Å². The maximum Gasteiger partial charge on any atom is 0.275 e. The zero-order valence-electron chi connectivity index (χ0n) is 21.4. The molecule has 0 unspecified atom stereocenters. The third kappa shape index (κ3) is 5.39. The van der Waals surface area contributed by atoms with Crippen molar-refractivity contribution in [1.29, 1.82) is 0 Å². The lowest BCUT2D eigenvalue weighted by Crippen LogP contribution is -2.33. The van der Waals surface area contributed by atoms with Gasteiger partial charge in [-0.3, -0.25) is 14.6 Å². The zero-order chi connectivity index (χ0) is 26.9. The second-order valence-corrected chi connectivity index (χ2v) is 11.1. The molecule has 4 N–H and O–H groups in total. The molecular weight excluding hydrogens is 496 g/mol. The van der Waals surface area contributed by atoms with Crippen LogP contribution < -0.4 is 16.4 Å². The van der Waals surface area contributed by atoms with Crippen LogP contribution in [-0.2, 0) is 5.41 Å². The van der Waals surface area contributed by atoms with Gasteiger partial charge in [-0.05, 0) is 52.9 Å². The Balaban J connectivity index is 1.35. The Kier molecular flexibility index (Phi) is 6.88. The van der Waals surface area contributed by atoms with E-state index in [9.17, 15) is 9.59 Å². The monoisotopic (exact) mass is 524 g/mol. The van der Waals surface area contributed by atoms with Gasteiger partial charge in [0.2, 0.25) is 0 Å². The number of hydrogen-bond acceptors (Lipinski definition) is 7. The Labute approximate surface area is 224 Å². The Morgan fingerprint density at radius 2 is 1.84 bits per heavy atom. The number of fused-ring (bicyclic) bond motifs is 2. The predicted octanol–water partition coefficient (Wildman–Crippen LogP) is 5.22. The molecule has 0 spiro atoms. The van der Waals surface area contributed by atoms with Crippen LogP contribution in [0.1, 0.15) is 58.1 Å². The number of rotatable bonds is 6. The van der Waals surface area contributed by atoms with E-state index in [2.05, 4.69) is 59.6 Å². The van der Waals surface area contributed by atoms with Gasteiger partial charge in [-0.2, -0.15) is 0 Å². The molecule has 3 heterocycles. The summed E-state index contributed by atoms with van der Waals surface area (Å²) in [5.41, 5.74) is 9.77. The third-order valence-electron chi connectivity index (χ3n) is 6.27. The first-order valence-corrected chi connectivity index (χ1v) is 13.1. The Morgan fingerprint density at radius 1 is 1.00 bits per heavy atom. The van der Waals surface area contributed by atoms with Crippen LogP contribution >= 0.6 is 11.3 Å². The minimum absolute atomic E-state index is 0.0375. The molecule has 0 aliphatic heterocycles. The van der Waals surface area contributed by atoms with Crippen molar-refractivity contribution in [3.05, 3.63) is 94.9 Å². The van der Waals surface area contributed by atoms with Gasteiger partial charge in [0, 0.05) is 35.4 Å². The number of hydrogen-bond donors (Lipinski definition) is 3. The lowest BCUT2D eigenvalue weighted by Gasteiger charge is -2.19. The van der Waals surface area contributed by atoms with Crippen LogP contribution in [0.4, 0.5) is 5.69 Å². The van der Waals surface area contributed by atoms with Crippen LogP contribution in [-0.4, -0.2) is 33.3 Å². The summed E-state index contributed by atoms with van der Waals surface area (Å²) in [5.74, 6) is -0.597. The van der Waals surface area contributed by atoms with E-state index in [1.807, 2.05) is 18.2 Å². The number of nitrogens with one attached hydrogen (secondary N) is 2. The number of carbonyl (C=O) groups excluding carboxylic acids is 2. The normalized spacial score (nSPS) is 12.4. The molecule has 0 saturated heterocycles. The number of nitrogens with zero attached hydrogens (tertiary/aromatic N) is 3. The summed E-state index contributed by atoms with van der Waals surface area (Å²) >= 11 is 1.35. The van der Waals surface area contributed by atoms with Crippen molar-refractivity contribution >= 4 is 50.0 Å². The molecule has 9 heteroatoms. The first kappa shape index (κ1) is 25.4. The van der Waals surface area contributed by atoms with Crippen molar-refractivity contribution in [3.63, 3.8) is 0 Å². The summed E-state index contributed by atoms with van der Waals surface area (Å²) in [7, 11) is 0. The molecule has 2 amide bonds. The highest BCUT2D eigenvalue weighted by molar-refractivity contribution is 7.20. The van der Waals surface area contributed by atoms with Crippen molar-refractivity contribution in [2.24, 2.45) is 5.73 Å². The molecular formula is C29H28N6O2S. The summed E-state index contributed by atoms with van der Waals surface area (Å²) in [6, 6.07) is 17.0. The molecule has 0 saturated carbocycles. The van der Waals surface area contributed by atoms with Crippen LogP contribution in [0.3, 0.4) is 0 Å². The number of aromatic nitrogens is 3. The summed E-state index contributed by atoms with van der Waals surface area (Å²) in [5, 5.41) is 7.81. The lowest BCUT2D eigenvalue weighted by atomic mass is 9.86. The summed E-state index contributed by atoms with van der Waals surface area (Å²) < 4.78 is 0. The number of benzene rings is 2. The van der Waals surface area contributed by atoms with Crippen LogP contribution in [0.5, 0.6) is 0 Å². The first-order valence-electron chi connectivity index (χ1n) is 12.2. The fourth-order valence-electron chi connectivity index (χ4n) is 4.17. The minimum Gasteiger partial charge on any atom is -0.343 e. The highest BCUT2D eigenvalue weighted by Gasteiger charge is 2.19. The maximum absolute atomic E-state index is 13.2. The van der Waals surface area contributed by atoms with Gasteiger partial charge >= 0.3 is 0 Å². The average Bonchev–Trinajstić information content (AvgIpc) is 3.33. The first-order chi connectivity index (χ1) is 18.2. The van der Waals surface area contributed by atoms with E-state index in [1.54, 1.807) is 18.2 Å². The van der Waals surface area contributed by atoms with Gasteiger partial charge in [0.25, 0.3) is 11.8 Å². The van der Waals surface area contributed by atoms with Gasteiger partial charge in [-0.15, -0.1) is 11.3 Å². The molecule has 5 rings (SSSR count). The molecule has 192 valence electrons. The Morgan fingerprint density at radius 3 is 2.58 bits per heavy atom. The summed E-state index contributed by atoms with van der Waals surface area (Å²) in [6.07, 6.45) is 4.36. The number of carbonyl (C=O) groups is 2. The van der Waals surface area contributed by atoms with Gasteiger partial charge < -0.3 is 16.4 Å². The van der Waals surface area contributed by atoms with E-state index in [4.69, 9.17) is 10.7 Å². The van der Waals surface area contributed by atoms with Gasteiger partial charge in [0.1, 0.15) is 10.5 Å². The van der Waals surface area contributed by atoms with Crippen LogP contribution in [0.25, 0.3) is 21.1 Å². The molecule has 3 aromatic heterocycles. The zero-order valence-corrected chi connectivity index (χ0v) is 22.2. The maximum atomic E-state index is 13.2. The number of pyridine rings is 1. The number of anilines is 1. The summed E-state index contributed by atoms with van der Waals surface area (Å²) in [4.78, 5) is 39.8. The molecule has 38 heavy (non-hydrogen) atoms. The molecule has 5 aromatic rings. The van der Waals surface area contributed by atoms with Gasteiger partial charge in [0.05, 0.1) is 22.6 Å². The quantitative estimate of drug-likeness (QED) is 0.280. The molecule has 0 radical (unpaired) electrons. The van der Waals surface area contributed by atoms with Gasteiger partial charge in [-0.1, -0.05) is 39.0 Å². The van der Waals surface area contributed by atoms with Crippen molar-refractivity contribution in [1.82, 2.24) is 20.3 Å². The molecule has 1 atom stereocenters. The van der Waals surface area contributed by atoms with Gasteiger partial charge in [-0.25, -0.2) is 9.97 Å². The molecule has 8 nitrogen and oxygen atoms in total. The number of amides is 2. The Hall–Kier alpha value is -4.21.